The predicted molar refractivity (Wildman–Crippen MR) is 63.2 cm³/mol. The number of rotatable bonds is 3. The van der Waals surface area contributed by atoms with E-state index in [1.807, 2.05) is 0 Å². The zero-order valence-electron chi connectivity index (χ0n) is 9.05. The fourth-order valence-corrected chi connectivity index (χ4v) is 1.85. The average Bonchev–Trinajstić information content (AvgIpc) is 2.27. The van der Waals surface area contributed by atoms with Gasteiger partial charge in [0.25, 0.3) is 0 Å². The van der Waals surface area contributed by atoms with Crippen LogP contribution in [0.15, 0.2) is 30.3 Å². The van der Waals surface area contributed by atoms with E-state index in [0.29, 0.717) is 10.9 Å². The smallest absolute Gasteiger partial charge is 0.303 e. The number of hydrogen-bond donors (Lipinski definition) is 3. The number of aromatic hydroxyl groups is 2. The van der Waals surface area contributed by atoms with Crippen LogP contribution in [0.1, 0.15) is 12.0 Å². The van der Waals surface area contributed by atoms with Gasteiger partial charge in [0.2, 0.25) is 0 Å². The Morgan fingerprint density at radius 3 is 2.53 bits per heavy atom. The third-order valence-electron chi connectivity index (χ3n) is 2.68. The SMILES string of the molecule is O=C(O)CCc1c(O)ccc2ccc(O)cc12. The lowest BCUT2D eigenvalue weighted by Gasteiger charge is -2.08. The molecule has 0 fully saturated rings. The molecule has 0 atom stereocenters. The maximum atomic E-state index is 10.6. The summed E-state index contributed by atoms with van der Waals surface area (Å²) in [4.78, 5) is 10.6. The summed E-state index contributed by atoms with van der Waals surface area (Å²) in [5.74, 6) is -0.759. The molecule has 2 aromatic rings. The van der Waals surface area contributed by atoms with Crippen molar-refractivity contribution in [2.45, 2.75) is 12.8 Å². The third kappa shape index (κ3) is 2.30. The van der Waals surface area contributed by atoms with Crippen LogP contribution in [0.2, 0.25) is 0 Å². The molecule has 0 aliphatic heterocycles. The summed E-state index contributed by atoms with van der Waals surface area (Å²) >= 11 is 0. The minimum Gasteiger partial charge on any atom is -0.508 e. The molecule has 4 heteroatoms. The Bertz CT molecular complexity index is 570. The van der Waals surface area contributed by atoms with E-state index in [2.05, 4.69) is 0 Å². The standard InChI is InChI=1S/C13H12O4/c14-9-3-1-8-2-5-12(15)10(11(8)7-9)4-6-13(16)17/h1-3,5,7,14-15H,4,6H2,(H,16,17). The number of aryl methyl sites for hydroxylation is 1. The molecule has 0 saturated heterocycles. The highest BCUT2D eigenvalue weighted by Gasteiger charge is 2.09. The molecule has 17 heavy (non-hydrogen) atoms. The second-order valence-electron chi connectivity index (χ2n) is 3.86. The minimum atomic E-state index is -0.915. The maximum absolute atomic E-state index is 10.6. The first-order valence-corrected chi connectivity index (χ1v) is 5.23. The molecule has 0 bridgehead atoms. The first-order chi connectivity index (χ1) is 8.08. The fourth-order valence-electron chi connectivity index (χ4n) is 1.85. The topological polar surface area (TPSA) is 77.8 Å². The van der Waals surface area contributed by atoms with Gasteiger partial charge in [0.05, 0.1) is 0 Å². The van der Waals surface area contributed by atoms with Gasteiger partial charge >= 0.3 is 5.97 Å². The summed E-state index contributed by atoms with van der Waals surface area (Å²) in [6.45, 7) is 0. The molecule has 4 nitrogen and oxygen atoms in total. The van der Waals surface area contributed by atoms with E-state index < -0.39 is 5.97 Å². The van der Waals surface area contributed by atoms with Gasteiger partial charge in [-0.15, -0.1) is 0 Å². The molecule has 0 aliphatic carbocycles. The van der Waals surface area contributed by atoms with E-state index in [0.717, 1.165) is 5.39 Å². The van der Waals surface area contributed by atoms with Gasteiger partial charge in [-0.2, -0.15) is 0 Å². The van der Waals surface area contributed by atoms with Crippen molar-refractivity contribution in [1.29, 1.82) is 0 Å². The van der Waals surface area contributed by atoms with Gasteiger partial charge < -0.3 is 15.3 Å². The quantitative estimate of drug-likeness (QED) is 0.758. The predicted octanol–water partition coefficient (Wildman–Crippen LogP) is 2.27. The molecular weight excluding hydrogens is 220 g/mol. The molecule has 0 unspecified atom stereocenters. The highest BCUT2D eigenvalue weighted by atomic mass is 16.4. The van der Waals surface area contributed by atoms with Crippen LogP contribution in [0.25, 0.3) is 10.8 Å². The molecule has 0 heterocycles. The van der Waals surface area contributed by atoms with Crippen molar-refractivity contribution >= 4 is 16.7 Å². The fraction of sp³-hybridized carbons (Fsp3) is 0.154. The summed E-state index contributed by atoms with van der Waals surface area (Å²) in [7, 11) is 0. The van der Waals surface area contributed by atoms with Gasteiger partial charge in [-0.05, 0) is 35.4 Å². The first kappa shape index (κ1) is 11.3. The van der Waals surface area contributed by atoms with E-state index in [1.54, 1.807) is 18.2 Å². The molecule has 2 rings (SSSR count). The van der Waals surface area contributed by atoms with Crippen LogP contribution in [0.4, 0.5) is 0 Å². The van der Waals surface area contributed by atoms with Crippen molar-refractivity contribution in [2.75, 3.05) is 0 Å². The molecule has 3 N–H and O–H groups in total. The Kier molecular flexibility index (Phi) is 2.87. The number of carboxylic acids is 1. The molecule has 0 aromatic heterocycles. The number of carboxylic acid groups (broad SMARTS) is 1. The Morgan fingerprint density at radius 2 is 1.82 bits per heavy atom. The van der Waals surface area contributed by atoms with Crippen molar-refractivity contribution in [2.24, 2.45) is 0 Å². The second-order valence-corrected chi connectivity index (χ2v) is 3.86. The zero-order valence-corrected chi connectivity index (χ0v) is 9.05. The van der Waals surface area contributed by atoms with Crippen molar-refractivity contribution < 1.29 is 20.1 Å². The lowest BCUT2D eigenvalue weighted by Crippen LogP contribution is -1.98. The molecular formula is C13H12O4. The van der Waals surface area contributed by atoms with Crippen LogP contribution in [0.3, 0.4) is 0 Å². The second kappa shape index (κ2) is 4.33. The van der Waals surface area contributed by atoms with Crippen LogP contribution in [-0.2, 0) is 11.2 Å². The highest BCUT2D eigenvalue weighted by molar-refractivity contribution is 5.89. The van der Waals surface area contributed by atoms with Crippen LogP contribution in [0, 0.1) is 0 Å². The minimum absolute atomic E-state index is 0.0532. The first-order valence-electron chi connectivity index (χ1n) is 5.23. The van der Waals surface area contributed by atoms with Gasteiger partial charge in [-0.25, -0.2) is 0 Å². The van der Waals surface area contributed by atoms with Crippen LogP contribution < -0.4 is 0 Å². The van der Waals surface area contributed by atoms with Gasteiger partial charge in [0.1, 0.15) is 11.5 Å². The van der Waals surface area contributed by atoms with Gasteiger partial charge in [-0.1, -0.05) is 12.1 Å². The lowest BCUT2D eigenvalue weighted by molar-refractivity contribution is -0.136. The van der Waals surface area contributed by atoms with Gasteiger partial charge in [-0.3, -0.25) is 4.79 Å². The Labute approximate surface area is 97.8 Å². The summed E-state index contributed by atoms with van der Waals surface area (Å²) in [5.41, 5.74) is 0.556. The summed E-state index contributed by atoms with van der Waals surface area (Å²) in [6, 6.07) is 8.09. The van der Waals surface area contributed by atoms with E-state index in [4.69, 9.17) is 5.11 Å². The molecule has 0 spiro atoms. The van der Waals surface area contributed by atoms with Gasteiger partial charge in [0.15, 0.2) is 0 Å². The number of carbonyl (C=O) groups is 1. The Morgan fingerprint density at radius 1 is 1.12 bits per heavy atom. The maximum Gasteiger partial charge on any atom is 0.303 e. The Balaban J connectivity index is 2.53. The molecule has 0 saturated carbocycles. The molecule has 0 aliphatic rings. The van der Waals surface area contributed by atoms with Crippen LogP contribution >= 0.6 is 0 Å². The number of benzene rings is 2. The largest absolute Gasteiger partial charge is 0.508 e. The van der Waals surface area contributed by atoms with Crippen molar-refractivity contribution in [3.8, 4) is 11.5 Å². The zero-order chi connectivity index (χ0) is 12.4. The summed E-state index contributed by atoms with van der Waals surface area (Å²) in [6.07, 6.45) is 0.185. The molecule has 0 radical (unpaired) electrons. The molecule has 2 aromatic carbocycles. The van der Waals surface area contributed by atoms with Crippen molar-refractivity contribution in [3.63, 3.8) is 0 Å². The molecule has 88 valence electrons. The van der Waals surface area contributed by atoms with E-state index in [9.17, 15) is 15.0 Å². The summed E-state index contributed by atoms with van der Waals surface area (Å²) < 4.78 is 0. The van der Waals surface area contributed by atoms with Crippen molar-refractivity contribution in [3.05, 3.63) is 35.9 Å². The van der Waals surface area contributed by atoms with Crippen LogP contribution in [0.5, 0.6) is 11.5 Å². The number of hydrogen-bond acceptors (Lipinski definition) is 3. The summed E-state index contributed by atoms with van der Waals surface area (Å²) in [5, 5.41) is 29.4. The van der Waals surface area contributed by atoms with E-state index >= 15 is 0 Å². The van der Waals surface area contributed by atoms with Crippen molar-refractivity contribution in [1.82, 2.24) is 0 Å². The monoisotopic (exact) mass is 232 g/mol. The third-order valence-corrected chi connectivity index (χ3v) is 2.68. The highest BCUT2D eigenvalue weighted by Crippen LogP contribution is 2.30. The van der Waals surface area contributed by atoms with Crippen LogP contribution in [-0.4, -0.2) is 21.3 Å². The number of phenolic OH excluding ortho intramolecular Hbond substituents is 2. The number of fused-ring (bicyclic) bond motifs is 1. The normalized spacial score (nSPS) is 10.6. The lowest BCUT2D eigenvalue weighted by atomic mass is 9.99. The number of aliphatic carboxylic acids is 1. The number of phenols is 2. The average molecular weight is 232 g/mol. The van der Waals surface area contributed by atoms with Gasteiger partial charge in [0, 0.05) is 12.0 Å². The molecule has 0 amide bonds. The van der Waals surface area contributed by atoms with E-state index in [-0.39, 0.29) is 24.3 Å². The van der Waals surface area contributed by atoms with E-state index in [1.165, 1.54) is 12.1 Å². The Hall–Kier alpha value is -2.23.